The highest BCUT2D eigenvalue weighted by Crippen LogP contribution is 2.29. The summed E-state index contributed by atoms with van der Waals surface area (Å²) >= 11 is 0. The smallest absolute Gasteiger partial charge is 0.256 e. The molecular formula is C12H10F2N2O2. The molecule has 1 aromatic carbocycles. The van der Waals surface area contributed by atoms with Crippen LogP contribution in [0.25, 0.3) is 0 Å². The Balaban J connectivity index is 2.26. The van der Waals surface area contributed by atoms with Crippen molar-refractivity contribution in [3.05, 3.63) is 42.1 Å². The predicted molar refractivity (Wildman–Crippen MR) is 61.6 cm³/mol. The van der Waals surface area contributed by atoms with Crippen molar-refractivity contribution < 1.29 is 18.3 Å². The fourth-order valence-corrected chi connectivity index (χ4v) is 1.36. The van der Waals surface area contributed by atoms with Gasteiger partial charge >= 0.3 is 0 Å². The first-order valence-electron chi connectivity index (χ1n) is 5.02. The molecule has 6 heteroatoms. The highest BCUT2D eigenvalue weighted by Gasteiger charge is 2.09. The number of anilines is 1. The lowest BCUT2D eigenvalue weighted by Crippen LogP contribution is -1.96. The molecule has 0 fully saturated rings. The Labute approximate surface area is 102 Å². The van der Waals surface area contributed by atoms with E-state index in [-0.39, 0.29) is 11.6 Å². The predicted octanol–water partition coefficient (Wildman–Crippen LogP) is 2.74. The van der Waals surface area contributed by atoms with E-state index in [2.05, 4.69) is 4.98 Å². The van der Waals surface area contributed by atoms with E-state index in [0.717, 1.165) is 6.20 Å². The summed E-state index contributed by atoms with van der Waals surface area (Å²) in [4.78, 5) is 3.50. The molecule has 4 nitrogen and oxygen atoms in total. The molecule has 0 amide bonds. The fourth-order valence-electron chi connectivity index (χ4n) is 1.36. The third-order valence-corrected chi connectivity index (χ3v) is 2.19. The second kappa shape index (κ2) is 4.87. The molecule has 2 N–H and O–H groups in total. The van der Waals surface area contributed by atoms with Gasteiger partial charge in [0.25, 0.3) is 5.88 Å². The number of aromatic nitrogens is 1. The van der Waals surface area contributed by atoms with Crippen LogP contribution in [-0.4, -0.2) is 12.1 Å². The summed E-state index contributed by atoms with van der Waals surface area (Å²) < 4.78 is 36.1. The summed E-state index contributed by atoms with van der Waals surface area (Å²) in [6, 6.07) is 5.27. The minimum Gasteiger partial charge on any atom is -0.495 e. The maximum absolute atomic E-state index is 13.3. The number of rotatable bonds is 3. The van der Waals surface area contributed by atoms with Crippen molar-refractivity contribution in [1.29, 1.82) is 0 Å². The van der Waals surface area contributed by atoms with Crippen molar-refractivity contribution >= 4 is 5.69 Å². The number of hydrogen-bond donors (Lipinski definition) is 1. The van der Waals surface area contributed by atoms with E-state index in [1.54, 1.807) is 12.1 Å². The molecule has 1 aromatic heterocycles. The molecule has 94 valence electrons. The summed E-state index contributed by atoms with van der Waals surface area (Å²) in [5, 5.41) is 0. The van der Waals surface area contributed by atoms with Gasteiger partial charge in [-0.2, -0.15) is 0 Å². The maximum Gasteiger partial charge on any atom is 0.256 e. The summed E-state index contributed by atoms with van der Waals surface area (Å²) in [5.74, 6) is -1.21. The van der Waals surface area contributed by atoms with Crippen molar-refractivity contribution in [2.24, 2.45) is 0 Å². The fraction of sp³-hybridized carbons (Fsp3) is 0.0833. The summed E-state index contributed by atoms with van der Waals surface area (Å²) in [7, 11) is 1.48. The summed E-state index contributed by atoms with van der Waals surface area (Å²) in [6.07, 6.45) is 0.866. The standard InChI is InChI=1S/C12H10F2N2O2/c1-17-11-3-2-8(5-10(11)15)18-12-9(14)4-7(13)6-16-12/h2-6H,15H2,1H3. The summed E-state index contributed by atoms with van der Waals surface area (Å²) in [5.41, 5.74) is 6.01. The molecule has 0 spiro atoms. The Bertz CT molecular complexity index is 576. The zero-order chi connectivity index (χ0) is 13.1. The number of nitrogens with zero attached hydrogens (tertiary/aromatic N) is 1. The van der Waals surface area contributed by atoms with Crippen LogP contribution in [0.5, 0.6) is 17.4 Å². The SMILES string of the molecule is COc1ccc(Oc2ncc(F)cc2F)cc1N. The number of hydrogen-bond acceptors (Lipinski definition) is 4. The monoisotopic (exact) mass is 252 g/mol. The molecule has 0 bridgehead atoms. The lowest BCUT2D eigenvalue weighted by molar-refractivity contribution is 0.407. The molecule has 0 aliphatic carbocycles. The van der Waals surface area contributed by atoms with Crippen molar-refractivity contribution in [3.63, 3.8) is 0 Å². The number of benzene rings is 1. The van der Waals surface area contributed by atoms with Gasteiger partial charge in [0.15, 0.2) is 5.82 Å². The van der Waals surface area contributed by atoms with Gasteiger partial charge in [-0.15, -0.1) is 0 Å². The maximum atomic E-state index is 13.3. The lowest BCUT2D eigenvalue weighted by atomic mass is 10.3. The van der Waals surface area contributed by atoms with Crippen molar-refractivity contribution in [2.75, 3.05) is 12.8 Å². The third kappa shape index (κ3) is 2.48. The Kier molecular flexibility index (Phi) is 3.27. The number of nitrogens with two attached hydrogens (primary N) is 1. The van der Waals surface area contributed by atoms with Crippen LogP contribution in [0, 0.1) is 11.6 Å². The lowest BCUT2D eigenvalue weighted by Gasteiger charge is -2.08. The molecule has 0 aliphatic rings. The van der Waals surface area contributed by atoms with Gasteiger partial charge in [-0.3, -0.25) is 0 Å². The average Bonchev–Trinajstić information content (AvgIpc) is 2.33. The first-order valence-corrected chi connectivity index (χ1v) is 5.02. The Morgan fingerprint density at radius 3 is 2.61 bits per heavy atom. The van der Waals surface area contributed by atoms with E-state index in [4.69, 9.17) is 15.2 Å². The van der Waals surface area contributed by atoms with Crippen LogP contribution in [0.15, 0.2) is 30.5 Å². The van der Waals surface area contributed by atoms with Crippen molar-refractivity contribution in [1.82, 2.24) is 4.98 Å². The van der Waals surface area contributed by atoms with E-state index in [1.165, 1.54) is 13.2 Å². The second-order valence-electron chi connectivity index (χ2n) is 3.45. The molecule has 0 atom stereocenters. The van der Waals surface area contributed by atoms with Gasteiger partial charge in [0.05, 0.1) is 19.0 Å². The zero-order valence-corrected chi connectivity index (χ0v) is 9.48. The number of ether oxygens (including phenoxy) is 2. The molecule has 2 rings (SSSR count). The highest BCUT2D eigenvalue weighted by molar-refractivity contribution is 5.56. The summed E-state index contributed by atoms with van der Waals surface area (Å²) in [6.45, 7) is 0. The number of methoxy groups -OCH3 is 1. The molecule has 18 heavy (non-hydrogen) atoms. The van der Waals surface area contributed by atoms with Crippen molar-refractivity contribution in [2.45, 2.75) is 0 Å². The normalized spacial score (nSPS) is 10.2. The van der Waals surface area contributed by atoms with Gasteiger partial charge in [-0.05, 0) is 12.1 Å². The van der Waals surface area contributed by atoms with E-state index in [9.17, 15) is 8.78 Å². The largest absolute Gasteiger partial charge is 0.495 e. The minimum absolute atomic E-state index is 0.284. The van der Waals surface area contributed by atoms with Gasteiger partial charge in [-0.1, -0.05) is 0 Å². The zero-order valence-electron chi connectivity index (χ0n) is 9.48. The molecule has 0 aliphatic heterocycles. The first kappa shape index (κ1) is 12.1. The Morgan fingerprint density at radius 1 is 1.22 bits per heavy atom. The van der Waals surface area contributed by atoms with Crippen LogP contribution in [0.3, 0.4) is 0 Å². The third-order valence-electron chi connectivity index (χ3n) is 2.19. The van der Waals surface area contributed by atoms with Crippen LogP contribution in [0.1, 0.15) is 0 Å². The van der Waals surface area contributed by atoms with Gasteiger partial charge in [0.1, 0.15) is 17.3 Å². The average molecular weight is 252 g/mol. The second-order valence-corrected chi connectivity index (χ2v) is 3.45. The van der Waals surface area contributed by atoms with E-state index >= 15 is 0 Å². The van der Waals surface area contributed by atoms with E-state index < -0.39 is 11.6 Å². The van der Waals surface area contributed by atoms with Gasteiger partial charge < -0.3 is 15.2 Å². The molecule has 0 saturated carbocycles. The van der Waals surface area contributed by atoms with Crippen LogP contribution in [-0.2, 0) is 0 Å². The van der Waals surface area contributed by atoms with Crippen LogP contribution >= 0.6 is 0 Å². The first-order chi connectivity index (χ1) is 8.60. The number of nitrogen functional groups attached to an aromatic ring is 1. The minimum atomic E-state index is -0.885. The molecule has 0 radical (unpaired) electrons. The van der Waals surface area contributed by atoms with Crippen LogP contribution in [0.4, 0.5) is 14.5 Å². The molecule has 2 aromatic rings. The van der Waals surface area contributed by atoms with Gasteiger partial charge in [-0.25, -0.2) is 13.8 Å². The van der Waals surface area contributed by atoms with E-state index in [1.807, 2.05) is 0 Å². The van der Waals surface area contributed by atoms with Crippen LogP contribution < -0.4 is 15.2 Å². The van der Waals surface area contributed by atoms with E-state index in [0.29, 0.717) is 17.5 Å². The molecule has 0 unspecified atom stereocenters. The van der Waals surface area contributed by atoms with Crippen molar-refractivity contribution in [3.8, 4) is 17.4 Å². The van der Waals surface area contributed by atoms with Gasteiger partial charge in [0, 0.05) is 12.1 Å². The van der Waals surface area contributed by atoms with Gasteiger partial charge in [0.2, 0.25) is 0 Å². The Morgan fingerprint density at radius 2 is 2.00 bits per heavy atom. The van der Waals surface area contributed by atoms with Crippen LogP contribution in [0.2, 0.25) is 0 Å². The topological polar surface area (TPSA) is 57.4 Å². The molecular weight excluding hydrogens is 242 g/mol. The molecule has 0 saturated heterocycles. The number of halogens is 2. The molecule has 1 heterocycles. The highest BCUT2D eigenvalue weighted by atomic mass is 19.1. The Hall–Kier alpha value is -2.37. The quantitative estimate of drug-likeness (QED) is 0.853. The number of pyridine rings is 1.